The molecule has 1 aromatic carbocycles. The van der Waals surface area contributed by atoms with Gasteiger partial charge < -0.3 is 9.64 Å². The quantitative estimate of drug-likeness (QED) is 0.697. The zero-order valence-electron chi connectivity index (χ0n) is 18.4. The average Bonchev–Trinajstić information content (AvgIpc) is 2.57. The minimum atomic E-state index is -0.308. The van der Waals surface area contributed by atoms with E-state index >= 15 is 0 Å². The Hall–Kier alpha value is -2.36. The molecule has 0 bridgehead atoms. The maximum absolute atomic E-state index is 13.2. The SMILES string of the molecule is CN(C)c1ccc(C2C3=C(CC(C)(C)CC3=O)OC3=C2C(=O)CC(C)(C)C3)cc1. The number of rotatable bonds is 2. The molecule has 1 aliphatic heterocycles. The molecule has 0 fully saturated rings. The summed E-state index contributed by atoms with van der Waals surface area (Å²) in [7, 11) is 4.01. The highest BCUT2D eigenvalue weighted by Crippen LogP contribution is 2.53. The van der Waals surface area contributed by atoms with E-state index in [1.54, 1.807) is 0 Å². The van der Waals surface area contributed by atoms with Gasteiger partial charge in [0.15, 0.2) is 11.6 Å². The number of Topliss-reactive ketones (excluding diaryl/α,β-unsaturated/α-hetero) is 2. The fourth-order valence-electron chi connectivity index (χ4n) is 4.97. The molecule has 4 heteroatoms. The Morgan fingerprint density at radius 1 is 0.793 bits per heavy atom. The molecule has 154 valence electrons. The van der Waals surface area contributed by atoms with Gasteiger partial charge in [-0.1, -0.05) is 39.8 Å². The van der Waals surface area contributed by atoms with Crippen LogP contribution in [0.15, 0.2) is 46.9 Å². The molecule has 0 unspecified atom stereocenters. The number of carbonyl (C=O) groups excluding carboxylic acids is 2. The monoisotopic (exact) mass is 393 g/mol. The zero-order valence-corrected chi connectivity index (χ0v) is 18.4. The van der Waals surface area contributed by atoms with Crippen LogP contribution in [0.4, 0.5) is 5.69 Å². The van der Waals surface area contributed by atoms with Crippen LogP contribution < -0.4 is 4.90 Å². The lowest BCUT2D eigenvalue weighted by molar-refractivity contribution is -0.120. The summed E-state index contributed by atoms with van der Waals surface area (Å²) in [5.41, 5.74) is 3.25. The van der Waals surface area contributed by atoms with Gasteiger partial charge in [0.1, 0.15) is 11.5 Å². The number of ketones is 2. The second-order valence-electron chi connectivity index (χ2n) is 10.6. The van der Waals surface area contributed by atoms with E-state index in [0.717, 1.165) is 35.6 Å². The van der Waals surface area contributed by atoms with Gasteiger partial charge in [-0.15, -0.1) is 0 Å². The van der Waals surface area contributed by atoms with E-state index in [1.165, 1.54) is 0 Å². The Balaban J connectivity index is 1.87. The molecule has 29 heavy (non-hydrogen) atoms. The van der Waals surface area contributed by atoms with Gasteiger partial charge in [0.05, 0.1) is 0 Å². The zero-order chi connectivity index (χ0) is 21.1. The Morgan fingerprint density at radius 3 is 1.66 bits per heavy atom. The first-order valence-corrected chi connectivity index (χ1v) is 10.5. The van der Waals surface area contributed by atoms with Gasteiger partial charge in [-0.3, -0.25) is 9.59 Å². The molecule has 0 aromatic heterocycles. The van der Waals surface area contributed by atoms with Crippen LogP contribution in [0.5, 0.6) is 0 Å². The molecule has 4 nitrogen and oxygen atoms in total. The number of nitrogens with zero attached hydrogens (tertiary/aromatic N) is 1. The van der Waals surface area contributed by atoms with E-state index in [2.05, 4.69) is 52.0 Å². The Kier molecular flexibility index (Phi) is 4.52. The number of anilines is 1. The first-order chi connectivity index (χ1) is 13.5. The number of benzene rings is 1. The molecule has 1 aromatic rings. The summed E-state index contributed by atoms with van der Waals surface area (Å²) < 4.78 is 6.33. The first kappa shape index (κ1) is 19.9. The third-order valence-electron chi connectivity index (χ3n) is 6.32. The highest BCUT2D eigenvalue weighted by atomic mass is 16.5. The van der Waals surface area contributed by atoms with Crippen LogP contribution in [0.25, 0.3) is 0 Å². The van der Waals surface area contributed by atoms with Crippen molar-refractivity contribution in [2.75, 3.05) is 19.0 Å². The largest absolute Gasteiger partial charge is 0.465 e. The van der Waals surface area contributed by atoms with Crippen molar-refractivity contribution in [3.8, 4) is 0 Å². The topological polar surface area (TPSA) is 46.6 Å². The maximum Gasteiger partial charge on any atom is 0.163 e. The Morgan fingerprint density at radius 2 is 1.24 bits per heavy atom. The van der Waals surface area contributed by atoms with E-state index < -0.39 is 0 Å². The molecule has 4 rings (SSSR count). The van der Waals surface area contributed by atoms with Crippen LogP contribution in [-0.4, -0.2) is 25.7 Å². The van der Waals surface area contributed by atoms with Gasteiger partial charge in [0.2, 0.25) is 0 Å². The van der Waals surface area contributed by atoms with Crippen molar-refractivity contribution in [3.63, 3.8) is 0 Å². The predicted molar refractivity (Wildman–Crippen MR) is 115 cm³/mol. The second-order valence-corrected chi connectivity index (χ2v) is 10.6. The predicted octanol–water partition coefficient (Wildman–Crippen LogP) is 5.15. The summed E-state index contributed by atoms with van der Waals surface area (Å²) in [5, 5.41) is 0. The van der Waals surface area contributed by atoms with E-state index in [9.17, 15) is 9.59 Å². The van der Waals surface area contributed by atoms with Gasteiger partial charge in [-0.2, -0.15) is 0 Å². The van der Waals surface area contributed by atoms with Gasteiger partial charge in [-0.25, -0.2) is 0 Å². The van der Waals surface area contributed by atoms with Crippen molar-refractivity contribution in [3.05, 3.63) is 52.5 Å². The van der Waals surface area contributed by atoms with Gasteiger partial charge in [0.25, 0.3) is 0 Å². The third kappa shape index (κ3) is 3.54. The van der Waals surface area contributed by atoms with Crippen LogP contribution in [-0.2, 0) is 14.3 Å². The number of hydrogen-bond donors (Lipinski definition) is 0. The smallest absolute Gasteiger partial charge is 0.163 e. The van der Waals surface area contributed by atoms with E-state index in [4.69, 9.17) is 4.74 Å². The maximum atomic E-state index is 13.2. The number of ether oxygens (including phenoxy) is 1. The molecule has 3 aliphatic rings. The number of allylic oxidation sites excluding steroid dienone is 4. The van der Waals surface area contributed by atoms with E-state index in [0.29, 0.717) is 24.0 Å². The summed E-state index contributed by atoms with van der Waals surface area (Å²) in [6.07, 6.45) is 2.44. The van der Waals surface area contributed by atoms with Gasteiger partial charge in [0, 0.05) is 62.5 Å². The van der Waals surface area contributed by atoms with Crippen molar-refractivity contribution < 1.29 is 14.3 Å². The highest BCUT2D eigenvalue weighted by Gasteiger charge is 2.47. The molecule has 1 heterocycles. The standard InChI is InChI=1S/C25H31NO3/c1-24(2)11-17(27)22-19(13-24)29-20-14-25(3,4)12-18(28)23(20)21(22)15-7-9-16(10-8-15)26(5)6/h7-10,21H,11-14H2,1-6H3. The normalized spacial score (nSPS) is 23.5. The molecule has 0 spiro atoms. The van der Waals surface area contributed by atoms with Crippen LogP contribution in [0.1, 0.15) is 64.9 Å². The molecule has 2 aliphatic carbocycles. The van der Waals surface area contributed by atoms with Crippen molar-refractivity contribution in [1.82, 2.24) is 0 Å². The van der Waals surface area contributed by atoms with Crippen LogP contribution in [0, 0.1) is 10.8 Å². The minimum absolute atomic E-state index is 0.113. The molecule has 0 radical (unpaired) electrons. The lowest BCUT2D eigenvalue weighted by atomic mass is 9.65. The molecule has 0 N–H and O–H groups in total. The minimum Gasteiger partial charge on any atom is -0.465 e. The van der Waals surface area contributed by atoms with Crippen LogP contribution in [0.2, 0.25) is 0 Å². The van der Waals surface area contributed by atoms with Crippen molar-refractivity contribution in [1.29, 1.82) is 0 Å². The molecular weight excluding hydrogens is 362 g/mol. The van der Waals surface area contributed by atoms with Crippen molar-refractivity contribution in [2.24, 2.45) is 10.8 Å². The van der Waals surface area contributed by atoms with Gasteiger partial charge >= 0.3 is 0 Å². The number of hydrogen-bond acceptors (Lipinski definition) is 4. The fraction of sp³-hybridized carbons (Fsp3) is 0.520. The lowest BCUT2D eigenvalue weighted by Gasteiger charge is -2.42. The summed E-state index contributed by atoms with van der Waals surface area (Å²) in [6, 6.07) is 8.22. The average molecular weight is 394 g/mol. The third-order valence-corrected chi connectivity index (χ3v) is 6.32. The van der Waals surface area contributed by atoms with E-state index in [1.807, 2.05) is 19.0 Å². The molecule has 0 amide bonds. The molecular formula is C25H31NO3. The molecule has 0 saturated heterocycles. The summed E-state index contributed by atoms with van der Waals surface area (Å²) in [6.45, 7) is 8.44. The van der Waals surface area contributed by atoms with E-state index in [-0.39, 0.29) is 28.3 Å². The second kappa shape index (κ2) is 6.58. The lowest BCUT2D eigenvalue weighted by Crippen LogP contribution is -2.37. The Labute approximate surface area is 173 Å². The summed E-state index contributed by atoms with van der Waals surface area (Å²) in [5.74, 6) is 1.47. The van der Waals surface area contributed by atoms with Crippen molar-refractivity contribution >= 4 is 17.3 Å². The first-order valence-electron chi connectivity index (χ1n) is 10.5. The molecule has 0 saturated carbocycles. The highest BCUT2D eigenvalue weighted by molar-refractivity contribution is 6.06. The Bertz CT molecular complexity index is 893. The summed E-state index contributed by atoms with van der Waals surface area (Å²) in [4.78, 5) is 28.5. The summed E-state index contributed by atoms with van der Waals surface area (Å²) >= 11 is 0. The fourth-order valence-corrected chi connectivity index (χ4v) is 4.97. The van der Waals surface area contributed by atoms with Gasteiger partial charge in [-0.05, 0) is 28.5 Å². The van der Waals surface area contributed by atoms with Crippen LogP contribution in [0.3, 0.4) is 0 Å². The van der Waals surface area contributed by atoms with Crippen molar-refractivity contribution in [2.45, 2.75) is 59.3 Å². The molecule has 0 atom stereocenters. The van der Waals surface area contributed by atoms with Crippen LogP contribution >= 0.6 is 0 Å². The number of carbonyl (C=O) groups is 2.